The van der Waals surface area contributed by atoms with Gasteiger partial charge in [-0.15, -0.1) is 0 Å². The molecule has 1 fully saturated rings. The van der Waals surface area contributed by atoms with Gasteiger partial charge in [-0.25, -0.2) is 0 Å². The lowest BCUT2D eigenvalue weighted by Crippen LogP contribution is -2.57. The number of rotatable bonds is 2. The number of benzene rings is 1. The number of piperazine rings is 1. The van der Waals surface area contributed by atoms with E-state index >= 15 is 0 Å². The number of nitrogens with one attached hydrogen (secondary N) is 1. The van der Waals surface area contributed by atoms with Crippen molar-refractivity contribution in [1.82, 2.24) is 10.2 Å². The van der Waals surface area contributed by atoms with E-state index in [0.717, 1.165) is 0 Å². The quantitative estimate of drug-likeness (QED) is 0.802. The van der Waals surface area contributed by atoms with Crippen molar-refractivity contribution >= 4 is 29.1 Å². The van der Waals surface area contributed by atoms with Crippen LogP contribution in [-0.4, -0.2) is 35.8 Å². The first kappa shape index (κ1) is 13.7. The topological polar surface area (TPSA) is 75.4 Å². The summed E-state index contributed by atoms with van der Waals surface area (Å²) in [5, 5.41) is 3.10. The van der Waals surface area contributed by atoms with E-state index in [-0.39, 0.29) is 17.5 Å². The summed E-state index contributed by atoms with van der Waals surface area (Å²) in [6.45, 7) is 2.81. The largest absolute Gasteiger partial charge is 0.397 e. The Morgan fingerprint density at radius 3 is 3.00 bits per heavy atom. The summed E-state index contributed by atoms with van der Waals surface area (Å²) in [5.41, 5.74) is 6.44. The second-order valence-corrected chi connectivity index (χ2v) is 4.82. The number of hydrogen-bond donors (Lipinski definition) is 2. The number of anilines is 1. The number of para-hydroxylation sites is 1. The summed E-state index contributed by atoms with van der Waals surface area (Å²) in [4.78, 5) is 25.8. The van der Waals surface area contributed by atoms with Gasteiger partial charge in [0.2, 0.25) is 5.91 Å². The second kappa shape index (κ2) is 5.48. The SMILES string of the molecule is CCC1C(=O)NCCN1C(=O)c1cccc(Cl)c1N. The number of carbonyl (C=O) groups is 2. The Bertz CT molecular complexity index is 519. The smallest absolute Gasteiger partial charge is 0.256 e. The van der Waals surface area contributed by atoms with Crippen molar-refractivity contribution in [3.05, 3.63) is 28.8 Å². The van der Waals surface area contributed by atoms with Crippen LogP contribution in [0.2, 0.25) is 5.02 Å². The van der Waals surface area contributed by atoms with Crippen LogP contribution in [0, 0.1) is 0 Å². The van der Waals surface area contributed by atoms with Crippen LogP contribution in [0.25, 0.3) is 0 Å². The molecule has 1 aliphatic rings. The zero-order valence-electron chi connectivity index (χ0n) is 10.6. The van der Waals surface area contributed by atoms with Crippen molar-refractivity contribution in [2.75, 3.05) is 18.8 Å². The Balaban J connectivity index is 2.32. The lowest BCUT2D eigenvalue weighted by atomic mass is 10.1. The van der Waals surface area contributed by atoms with Gasteiger partial charge in [-0.05, 0) is 18.6 Å². The molecule has 1 unspecified atom stereocenters. The first-order valence-corrected chi connectivity index (χ1v) is 6.56. The molecule has 1 aliphatic heterocycles. The minimum atomic E-state index is -0.445. The summed E-state index contributed by atoms with van der Waals surface area (Å²) in [5.74, 6) is -0.371. The zero-order valence-corrected chi connectivity index (χ0v) is 11.4. The third kappa shape index (κ3) is 2.51. The van der Waals surface area contributed by atoms with Gasteiger partial charge >= 0.3 is 0 Å². The first-order valence-electron chi connectivity index (χ1n) is 6.19. The number of halogens is 1. The molecule has 6 heteroatoms. The van der Waals surface area contributed by atoms with E-state index in [1.807, 2.05) is 6.92 Å². The van der Waals surface area contributed by atoms with Crippen LogP contribution in [0.15, 0.2) is 18.2 Å². The van der Waals surface area contributed by atoms with Crippen molar-refractivity contribution in [1.29, 1.82) is 0 Å². The van der Waals surface area contributed by atoms with E-state index in [1.54, 1.807) is 23.1 Å². The van der Waals surface area contributed by atoms with Gasteiger partial charge in [0.05, 0.1) is 16.3 Å². The molecule has 2 rings (SSSR count). The van der Waals surface area contributed by atoms with E-state index in [0.29, 0.717) is 30.1 Å². The van der Waals surface area contributed by atoms with Crippen LogP contribution in [0.5, 0.6) is 0 Å². The standard InChI is InChI=1S/C13H16ClN3O2/c1-2-10-12(18)16-6-7-17(10)13(19)8-4-3-5-9(14)11(8)15/h3-5,10H,2,6-7,15H2,1H3,(H,16,18). The van der Waals surface area contributed by atoms with Crippen molar-refractivity contribution in [2.45, 2.75) is 19.4 Å². The van der Waals surface area contributed by atoms with E-state index in [2.05, 4.69) is 5.32 Å². The number of nitrogen functional groups attached to an aromatic ring is 1. The summed E-state index contributed by atoms with van der Waals surface area (Å²) in [6, 6.07) is 4.49. The second-order valence-electron chi connectivity index (χ2n) is 4.41. The zero-order chi connectivity index (χ0) is 14.0. The predicted octanol–water partition coefficient (Wildman–Crippen LogP) is 1.27. The maximum atomic E-state index is 12.5. The van der Waals surface area contributed by atoms with Crippen LogP contribution in [0.1, 0.15) is 23.7 Å². The number of hydrogen-bond acceptors (Lipinski definition) is 3. The monoisotopic (exact) mass is 281 g/mol. The average Bonchev–Trinajstić information content (AvgIpc) is 2.41. The third-order valence-corrected chi connectivity index (χ3v) is 3.59. The normalized spacial score (nSPS) is 19.2. The molecule has 19 heavy (non-hydrogen) atoms. The fourth-order valence-corrected chi connectivity index (χ4v) is 2.42. The van der Waals surface area contributed by atoms with Crippen LogP contribution >= 0.6 is 11.6 Å². The molecule has 1 aromatic rings. The molecular weight excluding hydrogens is 266 g/mol. The van der Waals surface area contributed by atoms with E-state index in [1.165, 1.54) is 0 Å². The summed E-state index contributed by atoms with van der Waals surface area (Å²) in [6.07, 6.45) is 0.568. The molecule has 0 aromatic heterocycles. The van der Waals surface area contributed by atoms with E-state index in [9.17, 15) is 9.59 Å². The molecule has 0 aliphatic carbocycles. The van der Waals surface area contributed by atoms with E-state index < -0.39 is 6.04 Å². The molecular formula is C13H16ClN3O2. The first-order chi connectivity index (χ1) is 9.06. The maximum Gasteiger partial charge on any atom is 0.256 e. The Kier molecular flexibility index (Phi) is 3.95. The number of carbonyl (C=O) groups excluding carboxylic acids is 2. The summed E-state index contributed by atoms with van der Waals surface area (Å²) >= 11 is 5.92. The fourth-order valence-electron chi connectivity index (χ4n) is 2.24. The Morgan fingerprint density at radius 2 is 2.32 bits per heavy atom. The van der Waals surface area contributed by atoms with Crippen molar-refractivity contribution in [3.8, 4) is 0 Å². The van der Waals surface area contributed by atoms with Gasteiger partial charge in [0, 0.05) is 13.1 Å². The van der Waals surface area contributed by atoms with Gasteiger partial charge < -0.3 is 16.0 Å². The number of nitrogens with two attached hydrogens (primary N) is 1. The molecule has 1 saturated heterocycles. The maximum absolute atomic E-state index is 12.5. The summed E-state index contributed by atoms with van der Waals surface area (Å²) < 4.78 is 0. The van der Waals surface area contributed by atoms with Crippen LogP contribution in [0.3, 0.4) is 0 Å². The molecule has 0 radical (unpaired) electrons. The lowest BCUT2D eigenvalue weighted by molar-refractivity contribution is -0.127. The molecule has 2 amide bonds. The van der Waals surface area contributed by atoms with E-state index in [4.69, 9.17) is 17.3 Å². The lowest BCUT2D eigenvalue weighted by Gasteiger charge is -2.34. The fraction of sp³-hybridized carbons (Fsp3) is 0.385. The molecule has 5 nitrogen and oxygen atoms in total. The highest BCUT2D eigenvalue weighted by Gasteiger charge is 2.32. The van der Waals surface area contributed by atoms with Crippen molar-refractivity contribution in [2.24, 2.45) is 0 Å². The Morgan fingerprint density at radius 1 is 1.58 bits per heavy atom. The molecule has 0 saturated carbocycles. The minimum absolute atomic E-state index is 0.123. The minimum Gasteiger partial charge on any atom is -0.397 e. The van der Waals surface area contributed by atoms with Crippen molar-refractivity contribution < 1.29 is 9.59 Å². The highest BCUT2D eigenvalue weighted by Crippen LogP contribution is 2.25. The molecule has 102 valence electrons. The van der Waals surface area contributed by atoms with Gasteiger partial charge in [-0.3, -0.25) is 9.59 Å². The third-order valence-electron chi connectivity index (χ3n) is 3.26. The van der Waals surface area contributed by atoms with Gasteiger partial charge in [0.25, 0.3) is 5.91 Å². The molecule has 1 heterocycles. The highest BCUT2D eigenvalue weighted by atomic mass is 35.5. The number of amides is 2. The van der Waals surface area contributed by atoms with Crippen LogP contribution < -0.4 is 11.1 Å². The summed E-state index contributed by atoms with van der Waals surface area (Å²) in [7, 11) is 0. The molecule has 0 spiro atoms. The number of nitrogens with zero attached hydrogens (tertiary/aromatic N) is 1. The molecule has 1 aromatic carbocycles. The molecule has 3 N–H and O–H groups in total. The van der Waals surface area contributed by atoms with Gasteiger partial charge in [-0.2, -0.15) is 0 Å². The molecule has 0 bridgehead atoms. The van der Waals surface area contributed by atoms with Gasteiger partial charge in [0.15, 0.2) is 0 Å². The average molecular weight is 282 g/mol. The van der Waals surface area contributed by atoms with Gasteiger partial charge in [-0.1, -0.05) is 24.6 Å². The van der Waals surface area contributed by atoms with Crippen molar-refractivity contribution in [3.63, 3.8) is 0 Å². The van der Waals surface area contributed by atoms with Crippen LogP contribution in [-0.2, 0) is 4.79 Å². The Hall–Kier alpha value is -1.75. The highest BCUT2D eigenvalue weighted by molar-refractivity contribution is 6.34. The van der Waals surface area contributed by atoms with Crippen LogP contribution in [0.4, 0.5) is 5.69 Å². The molecule has 1 atom stereocenters. The predicted molar refractivity (Wildman–Crippen MR) is 74.0 cm³/mol. The Labute approximate surface area is 116 Å². The van der Waals surface area contributed by atoms with Gasteiger partial charge in [0.1, 0.15) is 6.04 Å².